The predicted octanol–water partition coefficient (Wildman–Crippen LogP) is 1.30. The first-order valence-corrected chi connectivity index (χ1v) is 6.22. The molecule has 2 rings (SSSR count). The zero-order valence-corrected chi connectivity index (χ0v) is 11.2. The van der Waals surface area contributed by atoms with Gasteiger partial charge in [0, 0.05) is 24.6 Å². The molecule has 0 bridgehead atoms. The molecule has 0 fully saturated rings. The minimum atomic E-state index is -4.50. The lowest BCUT2D eigenvalue weighted by molar-refractivity contribution is -0.141. The van der Waals surface area contributed by atoms with Crippen molar-refractivity contribution in [3.8, 4) is 0 Å². The number of carbonyl (C=O) groups is 1. The zero-order chi connectivity index (χ0) is 15.5. The molecule has 0 aromatic carbocycles. The lowest BCUT2D eigenvalue weighted by Crippen LogP contribution is -2.38. The second-order valence-corrected chi connectivity index (χ2v) is 4.59. The van der Waals surface area contributed by atoms with Crippen molar-refractivity contribution in [2.75, 3.05) is 0 Å². The lowest BCUT2D eigenvalue weighted by Gasteiger charge is -2.14. The average molecular weight is 301 g/mol. The second-order valence-electron chi connectivity index (χ2n) is 4.59. The number of aromatic nitrogens is 4. The first-order valence-electron chi connectivity index (χ1n) is 6.22. The normalized spacial score (nSPS) is 13.1. The van der Waals surface area contributed by atoms with Crippen LogP contribution >= 0.6 is 0 Å². The quantitative estimate of drug-likeness (QED) is 0.905. The zero-order valence-electron chi connectivity index (χ0n) is 11.2. The first kappa shape index (κ1) is 15.1. The second kappa shape index (κ2) is 5.98. The minimum Gasteiger partial charge on any atom is -0.350 e. The molecule has 2 heterocycles. The molecule has 0 aliphatic rings. The van der Waals surface area contributed by atoms with Gasteiger partial charge in [0.2, 0.25) is 5.91 Å². The fourth-order valence-electron chi connectivity index (χ4n) is 1.80. The number of hydrogen-bond acceptors (Lipinski definition) is 3. The Hall–Kier alpha value is -2.32. The summed E-state index contributed by atoms with van der Waals surface area (Å²) >= 11 is 0. The van der Waals surface area contributed by atoms with Gasteiger partial charge in [-0.3, -0.25) is 14.2 Å². The van der Waals surface area contributed by atoms with Crippen LogP contribution in [-0.4, -0.2) is 31.5 Å². The maximum absolute atomic E-state index is 12.4. The van der Waals surface area contributed by atoms with Gasteiger partial charge in [-0.2, -0.15) is 23.4 Å². The number of rotatable bonds is 5. The van der Waals surface area contributed by atoms with Crippen molar-refractivity contribution in [1.82, 2.24) is 24.9 Å². The summed E-state index contributed by atoms with van der Waals surface area (Å²) in [7, 11) is 0. The molecular formula is C12H14F3N5O. The van der Waals surface area contributed by atoms with Crippen LogP contribution in [0.15, 0.2) is 30.7 Å². The predicted molar refractivity (Wildman–Crippen MR) is 67.1 cm³/mol. The van der Waals surface area contributed by atoms with Crippen molar-refractivity contribution >= 4 is 5.91 Å². The van der Waals surface area contributed by atoms with Gasteiger partial charge in [0.05, 0.1) is 6.54 Å². The SMILES string of the molecule is C[C@@H](Cn1cccn1)NC(=O)Cn1ccc(C(F)(F)F)n1. The van der Waals surface area contributed by atoms with E-state index in [-0.39, 0.29) is 12.6 Å². The van der Waals surface area contributed by atoms with Gasteiger partial charge in [0.1, 0.15) is 6.54 Å². The molecule has 21 heavy (non-hydrogen) atoms. The first-order chi connectivity index (χ1) is 9.84. The minimum absolute atomic E-state index is 0.199. The molecule has 1 atom stereocenters. The monoisotopic (exact) mass is 301 g/mol. The molecule has 2 aromatic rings. The molecule has 0 spiro atoms. The van der Waals surface area contributed by atoms with E-state index in [1.54, 1.807) is 30.1 Å². The Kier molecular flexibility index (Phi) is 4.29. The van der Waals surface area contributed by atoms with Gasteiger partial charge in [-0.25, -0.2) is 0 Å². The Balaban J connectivity index is 1.85. The van der Waals surface area contributed by atoms with E-state index in [4.69, 9.17) is 0 Å². The molecule has 0 radical (unpaired) electrons. The van der Waals surface area contributed by atoms with Crippen LogP contribution in [0, 0.1) is 0 Å². The molecule has 6 nitrogen and oxygen atoms in total. The summed E-state index contributed by atoms with van der Waals surface area (Å²) in [6, 6.07) is 2.40. The number of hydrogen-bond donors (Lipinski definition) is 1. The number of nitrogens with one attached hydrogen (secondary N) is 1. The van der Waals surface area contributed by atoms with Gasteiger partial charge >= 0.3 is 6.18 Å². The highest BCUT2D eigenvalue weighted by Gasteiger charge is 2.33. The molecule has 0 saturated carbocycles. The summed E-state index contributed by atoms with van der Waals surface area (Å²) in [5.41, 5.74) is -1.01. The van der Waals surface area contributed by atoms with Gasteiger partial charge in [-0.05, 0) is 19.1 Å². The molecule has 9 heteroatoms. The van der Waals surface area contributed by atoms with E-state index in [2.05, 4.69) is 15.5 Å². The third kappa shape index (κ3) is 4.33. The summed E-state index contributed by atoms with van der Waals surface area (Å²) in [6.07, 6.45) is -0.00159. The van der Waals surface area contributed by atoms with Crippen LogP contribution in [0.2, 0.25) is 0 Å². The standard InChI is InChI=1S/C12H14F3N5O/c1-9(7-19-5-2-4-16-19)17-11(21)8-20-6-3-10(18-20)12(13,14)15/h2-6,9H,7-8H2,1H3,(H,17,21)/t9-/m0/s1. The third-order valence-electron chi connectivity index (χ3n) is 2.66. The summed E-state index contributed by atoms with van der Waals surface area (Å²) < 4.78 is 39.7. The molecule has 0 aliphatic carbocycles. The largest absolute Gasteiger partial charge is 0.435 e. The third-order valence-corrected chi connectivity index (χ3v) is 2.66. The molecule has 0 saturated heterocycles. The van der Waals surface area contributed by atoms with Crippen molar-refractivity contribution in [3.63, 3.8) is 0 Å². The Morgan fingerprint density at radius 2 is 2.14 bits per heavy atom. The van der Waals surface area contributed by atoms with Crippen LogP contribution in [0.5, 0.6) is 0 Å². The van der Waals surface area contributed by atoms with E-state index in [9.17, 15) is 18.0 Å². The van der Waals surface area contributed by atoms with E-state index in [1.807, 2.05) is 0 Å². The number of carbonyl (C=O) groups excluding carboxylic acids is 1. The molecule has 1 N–H and O–H groups in total. The highest BCUT2D eigenvalue weighted by atomic mass is 19.4. The fourth-order valence-corrected chi connectivity index (χ4v) is 1.80. The van der Waals surface area contributed by atoms with Gasteiger partial charge in [0.15, 0.2) is 5.69 Å². The van der Waals surface area contributed by atoms with E-state index in [0.717, 1.165) is 16.9 Å². The number of halogens is 3. The van der Waals surface area contributed by atoms with E-state index in [1.165, 1.54) is 0 Å². The van der Waals surface area contributed by atoms with Crippen molar-refractivity contribution in [3.05, 3.63) is 36.4 Å². The average Bonchev–Trinajstić information content (AvgIpc) is 2.98. The fraction of sp³-hybridized carbons (Fsp3) is 0.417. The molecule has 1 amide bonds. The Labute approximate surface area is 118 Å². The highest BCUT2D eigenvalue weighted by molar-refractivity contribution is 5.75. The van der Waals surface area contributed by atoms with Crippen LogP contribution in [0.3, 0.4) is 0 Å². The molecule has 0 aliphatic heterocycles. The highest BCUT2D eigenvalue weighted by Crippen LogP contribution is 2.27. The van der Waals surface area contributed by atoms with Crippen molar-refractivity contribution in [1.29, 1.82) is 0 Å². The Morgan fingerprint density at radius 1 is 1.38 bits per heavy atom. The Bertz CT molecular complexity index is 590. The van der Waals surface area contributed by atoms with Crippen LogP contribution in [0.4, 0.5) is 13.2 Å². The maximum Gasteiger partial charge on any atom is 0.435 e. The van der Waals surface area contributed by atoms with Gasteiger partial charge < -0.3 is 5.32 Å². The van der Waals surface area contributed by atoms with Crippen LogP contribution < -0.4 is 5.32 Å². The number of nitrogens with zero attached hydrogens (tertiary/aromatic N) is 4. The van der Waals surface area contributed by atoms with Gasteiger partial charge in [-0.15, -0.1) is 0 Å². The van der Waals surface area contributed by atoms with Crippen LogP contribution in [-0.2, 0) is 24.1 Å². The smallest absolute Gasteiger partial charge is 0.350 e. The van der Waals surface area contributed by atoms with Gasteiger partial charge in [-0.1, -0.05) is 0 Å². The molecule has 114 valence electrons. The van der Waals surface area contributed by atoms with Crippen LogP contribution in [0.1, 0.15) is 12.6 Å². The van der Waals surface area contributed by atoms with Crippen molar-refractivity contribution in [2.24, 2.45) is 0 Å². The van der Waals surface area contributed by atoms with E-state index >= 15 is 0 Å². The number of amides is 1. The summed E-state index contributed by atoms with van der Waals surface area (Å²) in [6.45, 7) is 2.00. The van der Waals surface area contributed by atoms with Crippen LogP contribution in [0.25, 0.3) is 0 Å². The molecular weight excluding hydrogens is 287 g/mol. The molecule has 2 aromatic heterocycles. The van der Waals surface area contributed by atoms with E-state index in [0.29, 0.717) is 6.54 Å². The topological polar surface area (TPSA) is 64.7 Å². The molecule has 0 unspecified atom stereocenters. The lowest BCUT2D eigenvalue weighted by atomic mass is 10.3. The van der Waals surface area contributed by atoms with E-state index < -0.39 is 17.8 Å². The summed E-state index contributed by atoms with van der Waals surface area (Å²) in [4.78, 5) is 11.7. The summed E-state index contributed by atoms with van der Waals surface area (Å²) in [5.74, 6) is -0.411. The van der Waals surface area contributed by atoms with Crippen molar-refractivity contribution in [2.45, 2.75) is 32.2 Å². The van der Waals surface area contributed by atoms with Crippen molar-refractivity contribution < 1.29 is 18.0 Å². The summed E-state index contributed by atoms with van der Waals surface area (Å²) in [5, 5.41) is 9.99. The number of alkyl halides is 3. The maximum atomic E-state index is 12.4. The van der Waals surface area contributed by atoms with Gasteiger partial charge in [0.25, 0.3) is 0 Å². The Morgan fingerprint density at radius 3 is 2.71 bits per heavy atom.